The minimum absolute atomic E-state index is 0.153. The van der Waals surface area contributed by atoms with Crippen molar-refractivity contribution in [2.24, 2.45) is 0 Å². The van der Waals surface area contributed by atoms with E-state index in [-0.39, 0.29) is 6.04 Å². The van der Waals surface area contributed by atoms with Crippen LogP contribution < -0.4 is 5.32 Å². The highest BCUT2D eigenvalue weighted by Crippen LogP contribution is 2.12. The molecule has 0 spiro atoms. The van der Waals surface area contributed by atoms with Crippen LogP contribution in [0.3, 0.4) is 0 Å². The molecular formula is C5H7N2OS. The van der Waals surface area contributed by atoms with Gasteiger partial charge in [-0.1, -0.05) is 11.8 Å². The predicted molar refractivity (Wildman–Crippen MR) is 37.4 cm³/mol. The predicted octanol–water partition coefficient (Wildman–Crippen LogP) is 0.126. The molecule has 1 saturated heterocycles. The van der Waals surface area contributed by atoms with Crippen LogP contribution >= 0.6 is 11.8 Å². The summed E-state index contributed by atoms with van der Waals surface area (Å²) in [5.74, 6) is 0.827. The summed E-state index contributed by atoms with van der Waals surface area (Å²) < 4.78 is 0. The van der Waals surface area contributed by atoms with Crippen LogP contribution in [0, 0.1) is 5.41 Å². The van der Waals surface area contributed by atoms with Gasteiger partial charge in [0, 0.05) is 18.2 Å². The molecule has 0 aromatic heterocycles. The third kappa shape index (κ3) is 1.71. The number of rotatable bonds is 2. The van der Waals surface area contributed by atoms with Gasteiger partial charge in [0.25, 0.3) is 0 Å². The molecule has 2 N–H and O–H groups in total. The zero-order valence-corrected chi connectivity index (χ0v) is 5.62. The molecule has 0 aromatic rings. The van der Waals surface area contributed by atoms with Crippen molar-refractivity contribution in [2.75, 3.05) is 5.75 Å². The summed E-state index contributed by atoms with van der Waals surface area (Å²) >= 11 is 1.44. The lowest BCUT2D eigenvalue weighted by Crippen LogP contribution is -2.26. The summed E-state index contributed by atoms with van der Waals surface area (Å²) in [5.41, 5.74) is 0. The summed E-state index contributed by atoms with van der Waals surface area (Å²) in [4.78, 5) is 9.82. The SMILES string of the molecule is N=C1NC(C[C]=O)CS1. The number of hydrogen-bond donors (Lipinski definition) is 2. The van der Waals surface area contributed by atoms with Gasteiger partial charge in [0.05, 0.1) is 0 Å². The molecule has 0 amide bonds. The van der Waals surface area contributed by atoms with Crippen LogP contribution in [-0.2, 0) is 4.79 Å². The molecule has 0 aliphatic carbocycles. The van der Waals surface area contributed by atoms with Crippen molar-refractivity contribution in [1.82, 2.24) is 5.32 Å². The van der Waals surface area contributed by atoms with Gasteiger partial charge in [-0.25, -0.2) is 0 Å². The summed E-state index contributed by atoms with van der Waals surface area (Å²) in [6.07, 6.45) is 2.21. The van der Waals surface area contributed by atoms with Gasteiger partial charge >= 0.3 is 0 Å². The highest BCUT2D eigenvalue weighted by Gasteiger charge is 2.17. The van der Waals surface area contributed by atoms with Crippen molar-refractivity contribution in [3.8, 4) is 0 Å². The number of hydrogen-bond acceptors (Lipinski definition) is 3. The molecule has 1 atom stereocenters. The Morgan fingerprint density at radius 2 is 2.78 bits per heavy atom. The second kappa shape index (κ2) is 2.87. The van der Waals surface area contributed by atoms with Crippen LogP contribution in [-0.4, -0.2) is 23.2 Å². The molecule has 1 aliphatic rings. The molecule has 1 radical (unpaired) electrons. The Kier molecular flexibility index (Phi) is 2.10. The zero-order chi connectivity index (χ0) is 6.69. The van der Waals surface area contributed by atoms with E-state index in [1.54, 1.807) is 0 Å². The molecule has 0 saturated carbocycles. The zero-order valence-electron chi connectivity index (χ0n) is 4.81. The van der Waals surface area contributed by atoms with Crippen LogP contribution in [0.1, 0.15) is 6.42 Å². The van der Waals surface area contributed by atoms with Crippen LogP contribution in [0.15, 0.2) is 0 Å². The first-order valence-electron chi connectivity index (χ1n) is 2.66. The molecular weight excluding hydrogens is 136 g/mol. The summed E-state index contributed by atoms with van der Waals surface area (Å²) in [6, 6.07) is 0.153. The van der Waals surface area contributed by atoms with E-state index in [1.807, 2.05) is 6.29 Å². The fourth-order valence-electron chi connectivity index (χ4n) is 0.663. The highest BCUT2D eigenvalue weighted by atomic mass is 32.2. The first-order chi connectivity index (χ1) is 4.33. The van der Waals surface area contributed by atoms with E-state index in [0.717, 1.165) is 5.75 Å². The molecule has 3 nitrogen and oxygen atoms in total. The molecule has 49 valence electrons. The molecule has 1 rings (SSSR count). The second-order valence-electron chi connectivity index (χ2n) is 1.83. The maximum Gasteiger partial charge on any atom is 0.200 e. The van der Waals surface area contributed by atoms with Gasteiger partial charge in [-0.2, -0.15) is 0 Å². The topological polar surface area (TPSA) is 53.0 Å². The van der Waals surface area contributed by atoms with Gasteiger partial charge in [0.2, 0.25) is 6.29 Å². The minimum Gasteiger partial charge on any atom is -0.361 e. The Morgan fingerprint density at radius 1 is 2.00 bits per heavy atom. The Balaban J connectivity index is 2.29. The van der Waals surface area contributed by atoms with E-state index in [2.05, 4.69) is 5.32 Å². The lowest BCUT2D eigenvalue weighted by molar-refractivity contribution is 0.541. The van der Waals surface area contributed by atoms with Crippen LogP contribution in [0.25, 0.3) is 0 Å². The maximum atomic E-state index is 9.82. The smallest absolute Gasteiger partial charge is 0.200 e. The fraction of sp³-hybridized carbons (Fsp3) is 0.600. The van der Waals surface area contributed by atoms with Gasteiger partial charge < -0.3 is 5.32 Å². The van der Waals surface area contributed by atoms with Crippen LogP contribution in [0.2, 0.25) is 0 Å². The van der Waals surface area contributed by atoms with Gasteiger partial charge in [0.15, 0.2) is 5.17 Å². The van der Waals surface area contributed by atoms with Gasteiger partial charge in [-0.05, 0) is 0 Å². The highest BCUT2D eigenvalue weighted by molar-refractivity contribution is 8.14. The third-order valence-electron chi connectivity index (χ3n) is 1.09. The van der Waals surface area contributed by atoms with Crippen molar-refractivity contribution in [1.29, 1.82) is 5.41 Å². The second-order valence-corrected chi connectivity index (χ2v) is 2.86. The minimum atomic E-state index is 0.153. The molecule has 0 aromatic carbocycles. The molecule has 1 unspecified atom stereocenters. The molecule has 4 heteroatoms. The number of thioether (sulfide) groups is 1. The molecule has 9 heavy (non-hydrogen) atoms. The number of carbonyl (C=O) groups excluding carboxylic acids is 1. The maximum absolute atomic E-state index is 9.82. The van der Waals surface area contributed by atoms with E-state index >= 15 is 0 Å². The van der Waals surface area contributed by atoms with Crippen LogP contribution in [0.5, 0.6) is 0 Å². The van der Waals surface area contributed by atoms with Crippen molar-refractivity contribution in [2.45, 2.75) is 12.5 Å². The van der Waals surface area contributed by atoms with E-state index < -0.39 is 0 Å². The van der Waals surface area contributed by atoms with Crippen molar-refractivity contribution >= 4 is 23.2 Å². The van der Waals surface area contributed by atoms with E-state index in [1.165, 1.54) is 11.8 Å². The third-order valence-corrected chi connectivity index (χ3v) is 2.07. The first-order valence-corrected chi connectivity index (χ1v) is 3.64. The van der Waals surface area contributed by atoms with Gasteiger partial charge in [-0.3, -0.25) is 10.2 Å². The summed E-state index contributed by atoms with van der Waals surface area (Å²) in [6.45, 7) is 0. The Bertz CT molecular complexity index is 137. The van der Waals surface area contributed by atoms with Crippen molar-refractivity contribution in [3.05, 3.63) is 0 Å². The lowest BCUT2D eigenvalue weighted by atomic mass is 10.3. The van der Waals surface area contributed by atoms with E-state index in [9.17, 15) is 4.79 Å². The molecule has 1 fully saturated rings. The van der Waals surface area contributed by atoms with Gasteiger partial charge in [-0.15, -0.1) is 0 Å². The van der Waals surface area contributed by atoms with Crippen LogP contribution in [0.4, 0.5) is 0 Å². The van der Waals surface area contributed by atoms with E-state index in [0.29, 0.717) is 11.6 Å². The number of amidine groups is 1. The largest absolute Gasteiger partial charge is 0.361 e. The molecule has 0 bridgehead atoms. The van der Waals surface area contributed by atoms with Gasteiger partial charge in [0.1, 0.15) is 0 Å². The average molecular weight is 143 g/mol. The quantitative estimate of drug-likeness (QED) is 0.577. The molecule has 1 heterocycles. The Morgan fingerprint density at radius 3 is 3.22 bits per heavy atom. The summed E-state index contributed by atoms with van der Waals surface area (Å²) in [5, 5.41) is 10.4. The monoisotopic (exact) mass is 143 g/mol. The summed E-state index contributed by atoms with van der Waals surface area (Å²) in [7, 11) is 0. The normalized spacial score (nSPS) is 25.8. The standard InChI is InChI=1S/C5H7N2OS/c6-5-7-4(1-2-8)3-9-5/h4H,1,3H2,(H2,6,7). The number of nitrogens with one attached hydrogen (secondary N) is 2. The average Bonchev–Trinajstić information content (AvgIpc) is 2.17. The Labute approximate surface area is 57.7 Å². The first kappa shape index (κ1) is 6.61. The van der Waals surface area contributed by atoms with E-state index in [4.69, 9.17) is 5.41 Å². The molecule has 1 aliphatic heterocycles. The lowest BCUT2D eigenvalue weighted by Gasteiger charge is -2.01. The van der Waals surface area contributed by atoms with Crippen molar-refractivity contribution in [3.63, 3.8) is 0 Å². The fourth-order valence-corrected chi connectivity index (χ4v) is 1.48. The van der Waals surface area contributed by atoms with Crippen molar-refractivity contribution < 1.29 is 4.79 Å². The Hall–Kier alpha value is -0.510.